The average molecular weight is 533 g/mol. The Hall–Kier alpha value is -2.85. The smallest absolute Gasteiger partial charge is 0.426 e. The van der Waals surface area contributed by atoms with Crippen molar-refractivity contribution in [2.45, 2.75) is 70.3 Å². The van der Waals surface area contributed by atoms with Crippen molar-refractivity contribution in [2.75, 3.05) is 40.0 Å². The largest absolute Gasteiger partial charge is 0.464 e. The van der Waals surface area contributed by atoms with Gasteiger partial charge in [0.05, 0.1) is 11.0 Å². The van der Waals surface area contributed by atoms with Crippen LogP contribution in [-0.4, -0.2) is 66.0 Å². The van der Waals surface area contributed by atoms with Crippen molar-refractivity contribution in [3.8, 4) is 0 Å². The second-order valence-electron chi connectivity index (χ2n) is 10.4. The number of benzene rings is 1. The Morgan fingerprint density at radius 1 is 1.18 bits per heavy atom. The summed E-state index contributed by atoms with van der Waals surface area (Å²) in [5.74, 6) is 0.941. The molecule has 1 amide bonds. The van der Waals surface area contributed by atoms with Crippen molar-refractivity contribution in [3.63, 3.8) is 0 Å². The Kier molecular flexibility index (Phi) is 12.7. The highest BCUT2D eigenvalue weighted by atomic mass is 16.6. The topological polar surface area (TPSA) is 117 Å². The summed E-state index contributed by atoms with van der Waals surface area (Å²) in [4.78, 5) is 24.9. The summed E-state index contributed by atoms with van der Waals surface area (Å²) < 4.78 is 11.5. The molecule has 0 bridgehead atoms. The van der Waals surface area contributed by atoms with Crippen LogP contribution in [-0.2, 0) is 9.47 Å². The summed E-state index contributed by atoms with van der Waals surface area (Å²) in [7, 11) is 1.67. The number of carboxylic acid groups (broad SMARTS) is 1. The van der Waals surface area contributed by atoms with Gasteiger partial charge in [0.2, 0.25) is 0 Å². The first-order valence-corrected chi connectivity index (χ1v) is 14.0. The summed E-state index contributed by atoms with van der Waals surface area (Å²) in [5.41, 5.74) is 3.94. The van der Waals surface area contributed by atoms with Crippen LogP contribution in [0.3, 0.4) is 0 Å². The van der Waals surface area contributed by atoms with E-state index in [4.69, 9.17) is 9.47 Å². The van der Waals surface area contributed by atoms with E-state index in [1.165, 1.54) is 32.1 Å². The number of carbonyl (C=O) groups is 1. The summed E-state index contributed by atoms with van der Waals surface area (Å²) in [6.45, 7) is 2.57. The first kappa shape index (κ1) is 29.7. The molecule has 1 aromatic rings. The van der Waals surface area contributed by atoms with E-state index in [-0.39, 0.29) is 24.4 Å². The van der Waals surface area contributed by atoms with Gasteiger partial charge in [-0.15, -0.1) is 0 Å². The molecule has 0 radical (unpaired) electrons. The second kappa shape index (κ2) is 16.2. The number of ether oxygens (including phenoxy) is 2. The highest BCUT2D eigenvalue weighted by Crippen LogP contribution is 2.34. The lowest BCUT2D eigenvalue weighted by atomic mass is 9.86. The summed E-state index contributed by atoms with van der Waals surface area (Å²) in [6, 6.07) is 10.0. The molecule has 38 heavy (non-hydrogen) atoms. The minimum Gasteiger partial charge on any atom is -0.464 e. The van der Waals surface area contributed by atoms with Crippen LogP contribution < -0.4 is 5.43 Å². The molecule has 212 valence electrons. The van der Waals surface area contributed by atoms with Gasteiger partial charge < -0.3 is 19.5 Å². The summed E-state index contributed by atoms with van der Waals surface area (Å²) >= 11 is 0. The summed E-state index contributed by atoms with van der Waals surface area (Å²) in [5, 5.41) is 22.5. The molecule has 1 aromatic carbocycles. The Bertz CT molecular complexity index is 877. The van der Waals surface area contributed by atoms with Gasteiger partial charge in [-0.05, 0) is 43.6 Å². The Labute approximate surface area is 226 Å². The van der Waals surface area contributed by atoms with Crippen molar-refractivity contribution < 1.29 is 24.3 Å². The van der Waals surface area contributed by atoms with Gasteiger partial charge in [0, 0.05) is 45.9 Å². The van der Waals surface area contributed by atoms with E-state index in [0.29, 0.717) is 32.2 Å². The molecule has 1 heterocycles. The first-order valence-electron chi connectivity index (χ1n) is 14.0. The van der Waals surface area contributed by atoms with Gasteiger partial charge in [-0.3, -0.25) is 15.5 Å². The van der Waals surface area contributed by atoms with Gasteiger partial charge in [-0.25, -0.2) is 9.80 Å². The highest BCUT2D eigenvalue weighted by Gasteiger charge is 2.32. The number of hydrazine groups is 1. The lowest BCUT2D eigenvalue weighted by Crippen LogP contribution is -2.49. The van der Waals surface area contributed by atoms with Crippen LogP contribution >= 0.6 is 0 Å². The first-order chi connectivity index (χ1) is 18.5. The van der Waals surface area contributed by atoms with Crippen LogP contribution in [0, 0.1) is 22.0 Å². The second-order valence-corrected chi connectivity index (χ2v) is 10.4. The standard InChI is InChI=1S/C28H44N4O6/c1-37-19-10-20-38-27(24-14-6-3-7-15-24)25-16-9-17-30(21-25)26(22-32(35)36)29-31(28(33)34)18-8-13-23-11-4-2-5-12-23/h3,6-7,14-15,22-23,25,27,29H,2,4-5,8-13,16-21H2,1H3,(H,33,34). The molecule has 0 aromatic heterocycles. The number of nitro groups is 1. The van der Waals surface area contributed by atoms with Gasteiger partial charge in [-0.2, -0.15) is 0 Å². The van der Waals surface area contributed by atoms with Crippen LogP contribution in [0.25, 0.3) is 0 Å². The molecule has 1 saturated carbocycles. The molecule has 0 spiro atoms. The van der Waals surface area contributed by atoms with E-state index in [0.717, 1.165) is 48.9 Å². The van der Waals surface area contributed by atoms with Crippen molar-refractivity contribution in [3.05, 3.63) is 58.0 Å². The van der Waals surface area contributed by atoms with Gasteiger partial charge >= 0.3 is 6.09 Å². The lowest BCUT2D eigenvalue weighted by molar-refractivity contribution is -0.405. The Morgan fingerprint density at radius 2 is 1.95 bits per heavy atom. The number of methoxy groups -OCH3 is 1. The molecule has 1 saturated heterocycles. The highest BCUT2D eigenvalue weighted by molar-refractivity contribution is 5.64. The molecule has 2 fully saturated rings. The molecular formula is C28H44N4O6. The molecule has 1 aliphatic carbocycles. The van der Waals surface area contributed by atoms with E-state index in [9.17, 15) is 20.0 Å². The molecule has 2 aliphatic rings. The summed E-state index contributed by atoms with van der Waals surface area (Å²) in [6.07, 6.45) is 9.99. The zero-order chi connectivity index (χ0) is 27.2. The fourth-order valence-corrected chi connectivity index (χ4v) is 5.67. The minimum atomic E-state index is -1.14. The zero-order valence-electron chi connectivity index (χ0n) is 22.6. The van der Waals surface area contributed by atoms with Crippen molar-refractivity contribution in [1.29, 1.82) is 0 Å². The Morgan fingerprint density at radius 3 is 2.63 bits per heavy atom. The number of nitrogens with zero attached hydrogens (tertiary/aromatic N) is 3. The fraction of sp³-hybridized carbons (Fsp3) is 0.679. The normalized spacial score (nSPS) is 19.7. The number of amides is 1. The molecule has 3 rings (SSSR count). The van der Waals surface area contributed by atoms with Crippen LogP contribution in [0.1, 0.15) is 75.9 Å². The third kappa shape index (κ3) is 9.79. The maximum atomic E-state index is 12.0. The SMILES string of the molecule is COCCCOC(c1ccccc1)C1CCCN(C(=C[N+](=O)[O-])NN(CCCC2CCCCC2)C(=O)O)C1. The van der Waals surface area contributed by atoms with Gasteiger partial charge in [0.25, 0.3) is 6.20 Å². The van der Waals surface area contributed by atoms with Crippen molar-refractivity contribution in [2.24, 2.45) is 11.8 Å². The van der Waals surface area contributed by atoms with Crippen molar-refractivity contribution in [1.82, 2.24) is 15.3 Å². The van der Waals surface area contributed by atoms with E-state index < -0.39 is 11.0 Å². The monoisotopic (exact) mass is 532 g/mol. The van der Waals surface area contributed by atoms with Crippen LogP contribution in [0.2, 0.25) is 0 Å². The minimum absolute atomic E-state index is 0.0928. The number of hydrogen-bond acceptors (Lipinski definition) is 7. The third-order valence-corrected chi connectivity index (χ3v) is 7.57. The number of hydrogen-bond donors (Lipinski definition) is 2. The van der Waals surface area contributed by atoms with Crippen LogP contribution in [0.15, 0.2) is 42.4 Å². The zero-order valence-corrected chi connectivity index (χ0v) is 22.6. The number of rotatable bonds is 15. The van der Waals surface area contributed by atoms with Crippen LogP contribution in [0.4, 0.5) is 4.79 Å². The van der Waals surface area contributed by atoms with E-state index >= 15 is 0 Å². The maximum Gasteiger partial charge on any atom is 0.426 e. The number of likely N-dealkylation sites (tertiary alicyclic amines) is 1. The third-order valence-electron chi connectivity index (χ3n) is 7.57. The Balaban J connectivity index is 1.67. The van der Waals surface area contributed by atoms with Gasteiger partial charge in [0.15, 0.2) is 5.82 Å². The maximum absolute atomic E-state index is 12.0. The molecule has 10 heteroatoms. The number of piperidine rings is 1. The van der Waals surface area contributed by atoms with Crippen molar-refractivity contribution >= 4 is 6.09 Å². The molecule has 2 unspecified atom stereocenters. The van der Waals surface area contributed by atoms with E-state index in [2.05, 4.69) is 5.43 Å². The average Bonchev–Trinajstić information content (AvgIpc) is 2.93. The van der Waals surface area contributed by atoms with Gasteiger partial charge in [-0.1, -0.05) is 62.4 Å². The quantitative estimate of drug-likeness (QED) is 0.175. The van der Waals surface area contributed by atoms with E-state index in [1.807, 2.05) is 35.2 Å². The molecule has 10 nitrogen and oxygen atoms in total. The van der Waals surface area contributed by atoms with Gasteiger partial charge in [0.1, 0.15) is 0 Å². The fourth-order valence-electron chi connectivity index (χ4n) is 5.67. The predicted octanol–water partition coefficient (Wildman–Crippen LogP) is 5.41. The predicted molar refractivity (Wildman–Crippen MR) is 145 cm³/mol. The van der Waals surface area contributed by atoms with E-state index in [1.54, 1.807) is 7.11 Å². The number of nitrogens with one attached hydrogen (secondary N) is 1. The molecule has 1 aliphatic heterocycles. The molecule has 2 atom stereocenters. The molecular weight excluding hydrogens is 488 g/mol. The molecule has 2 N–H and O–H groups in total. The lowest BCUT2D eigenvalue weighted by Gasteiger charge is -2.39. The van der Waals surface area contributed by atoms with Crippen LogP contribution in [0.5, 0.6) is 0 Å².